The number of hydrogen-bond donors (Lipinski definition) is 0. The number of benzene rings is 1. The molecule has 64 valence electrons. The van der Waals surface area contributed by atoms with Crippen molar-refractivity contribution in [1.29, 1.82) is 0 Å². The van der Waals surface area contributed by atoms with Crippen molar-refractivity contribution in [1.82, 2.24) is 0 Å². The van der Waals surface area contributed by atoms with E-state index in [0.717, 1.165) is 6.07 Å². The van der Waals surface area contributed by atoms with Crippen molar-refractivity contribution in [3.05, 3.63) is 35.4 Å². The van der Waals surface area contributed by atoms with Gasteiger partial charge in [-0.25, -0.2) is 0 Å². The average Bonchev–Trinajstić information content (AvgIpc) is 2.04. The predicted octanol–water partition coefficient (Wildman–Crippen LogP) is -1.97. The zero-order chi connectivity index (χ0) is 9.14. The molecular formula is C8H4O4Pb. The van der Waals surface area contributed by atoms with Gasteiger partial charge in [0, 0.05) is 0 Å². The molecule has 0 N–H and O–H groups in total. The molecule has 0 spiro atoms. The van der Waals surface area contributed by atoms with Gasteiger partial charge in [0.2, 0.25) is 0 Å². The zero-order valence-corrected chi connectivity index (χ0v) is 10.3. The van der Waals surface area contributed by atoms with Crippen LogP contribution < -0.4 is 10.2 Å². The Labute approximate surface area is 94.4 Å². The van der Waals surface area contributed by atoms with Gasteiger partial charge in [-0.3, -0.25) is 0 Å². The summed E-state index contributed by atoms with van der Waals surface area (Å²) in [6.07, 6.45) is 0. The smallest absolute Gasteiger partial charge is 0.545 e. The molecule has 0 saturated heterocycles. The topological polar surface area (TPSA) is 80.3 Å². The fourth-order valence-corrected chi connectivity index (χ4v) is 0.773. The van der Waals surface area contributed by atoms with Crippen LogP contribution in [-0.4, -0.2) is 39.2 Å². The first-order valence-corrected chi connectivity index (χ1v) is 3.14. The van der Waals surface area contributed by atoms with E-state index in [9.17, 15) is 19.8 Å². The van der Waals surface area contributed by atoms with Crippen LogP contribution in [-0.2, 0) is 0 Å². The van der Waals surface area contributed by atoms with Crippen LogP contribution >= 0.6 is 0 Å². The first-order valence-electron chi connectivity index (χ1n) is 3.14. The van der Waals surface area contributed by atoms with Crippen molar-refractivity contribution in [3.8, 4) is 0 Å². The van der Waals surface area contributed by atoms with E-state index < -0.39 is 11.9 Å². The minimum absolute atomic E-state index is 0. The first-order chi connectivity index (χ1) is 5.61. The molecule has 0 aliphatic heterocycles. The van der Waals surface area contributed by atoms with E-state index in [0.29, 0.717) is 0 Å². The van der Waals surface area contributed by atoms with E-state index in [1.807, 2.05) is 0 Å². The zero-order valence-electron chi connectivity index (χ0n) is 6.44. The molecule has 5 heteroatoms. The van der Waals surface area contributed by atoms with Crippen molar-refractivity contribution in [2.24, 2.45) is 0 Å². The van der Waals surface area contributed by atoms with Gasteiger partial charge in [0.05, 0.1) is 11.9 Å². The summed E-state index contributed by atoms with van der Waals surface area (Å²) in [7, 11) is 0. The summed E-state index contributed by atoms with van der Waals surface area (Å²) in [5, 5.41) is 20.5. The summed E-state index contributed by atoms with van der Waals surface area (Å²) in [5.74, 6) is -2.81. The number of rotatable bonds is 2. The van der Waals surface area contributed by atoms with Crippen LogP contribution in [0.5, 0.6) is 0 Å². The Bertz CT molecular complexity index is 305. The third-order valence-electron chi connectivity index (χ3n) is 1.33. The van der Waals surface area contributed by atoms with E-state index in [4.69, 9.17) is 0 Å². The molecule has 0 atom stereocenters. The average molecular weight is 371 g/mol. The Balaban J connectivity index is 0.00000144. The Morgan fingerprint density at radius 1 is 1.00 bits per heavy atom. The van der Waals surface area contributed by atoms with Crippen LogP contribution in [0.2, 0.25) is 0 Å². The predicted molar refractivity (Wildman–Crippen MR) is 40.9 cm³/mol. The van der Waals surface area contributed by atoms with Crippen LogP contribution in [0, 0.1) is 0 Å². The Morgan fingerprint density at radius 2 is 1.38 bits per heavy atom. The summed E-state index contributed by atoms with van der Waals surface area (Å²) in [6.45, 7) is 0. The molecular weight excluding hydrogens is 367 g/mol. The van der Waals surface area contributed by atoms with Crippen molar-refractivity contribution >= 4 is 39.2 Å². The molecule has 4 nitrogen and oxygen atoms in total. The van der Waals surface area contributed by atoms with E-state index in [2.05, 4.69) is 0 Å². The summed E-state index contributed by atoms with van der Waals surface area (Å²) in [4.78, 5) is 20.5. The maximum absolute atomic E-state index is 10.3. The summed E-state index contributed by atoms with van der Waals surface area (Å²) >= 11 is 0. The molecule has 0 amide bonds. The minimum Gasteiger partial charge on any atom is -0.545 e. The molecule has 1 rings (SSSR count). The number of carbonyl (C=O) groups excluding carboxylic acids is 2. The van der Waals surface area contributed by atoms with Gasteiger partial charge in [0.1, 0.15) is 0 Å². The van der Waals surface area contributed by atoms with Crippen LogP contribution in [0.4, 0.5) is 0 Å². The first kappa shape index (κ1) is 12.1. The van der Waals surface area contributed by atoms with Crippen molar-refractivity contribution in [2.45, 2.75) is 0 Å². The molecule has 13 heavy (non-hydrogen) atoms. The van der Waals surface area contributed by atoms with Gasteiger partial charge in [-0.05, 0) is 17.2 Å². The third-order valence-corrected chi connectivity index (χ3v) is 1.33. The largest absolute Gasteiger partial charge is 2.00 e. The molecule has 1 aromatic carbocycles. The molecule has 2 radical (unpaired) electrons. The number of hydrogen-bond acceptors (Lipinski definition) is 4. The molecule has 0 unspecified atom stereocenters. The molecule has 0 aromatic heterocycles. The fraction of sp³-hybridized carbons (Fsp3) is 0. The van der Waals surface area contributed by atoms with Gasteiger partial charge in [-0.15, -0.1) is 0 Å². The fourth-order valence-electron chi connectivity index (χ4n) is 0.773. The van der Waals surface area contributed by atoms with Crippen LogP contribution in [0.1, 0.15) is 20.7 Å². The van der Waals surface area contributed by atoms with E-state index in [1.165, 1.54) is 18.2 Å². The van der Waals surface area contributed by atoms with Gasteiger partial charge < -0.3 is 19.8 Å². The SMILES string of the molecule is O=C([O-])c1cccc(C(=O)[O-])c1.[Pb+2]. The molecule has 1 aromatic rings. The van der Waals surface area contributed by atoms with Crippen molar-refractivity contribution in [3.63, 3.8) is 0 Å². The second-order valence-electron chi connectivity index (χ2n) is 2.16. The standard InChI is InChI=1S/C8H6O4.Pb/c9-7(10)5-2-1-3-6(4-5)8(11)12;/h1-4H,(H,9,10)(H,11,12);/q;+2/p-2. The third kappa shape index (κ3) is 3.13. The van der Waals surface area contributed by atoms with E-state index >= 15 is 0 Å². The molecule has 0 bridgehead atoms. The van der Waals surface area contributed by atoms with Crippen LogP contribution in [0.25, 0.3) is 0 Å². The number of carbonyl (C=O) groups is 2. The Morgan fingerprint density at radius 3 is 1.69 bits per heavy atom. The molecule has 0 saturated carbocycles. The van der Waals surface area contributed by atoms with Gasteiger partial charge in [-0.2, -0.15) is 0 Å². The van der Waals surface area contributed by atoms with Gasteiger partial charge in [0.25, 0.3) is 0 Å². The maximum atomic E-state index is 10.3. The number of carboxylic acid groups (broad SMARTS) is 2. The normalized spacial score (nSPS) is 8.62. The van der Waals surface area contributed by atoms with Crippen molar-refractivity contribution in [2.75, 3.05) is 0 Å². The van der Waals surface area contributed by atoms with Gasteiger partial charge in [-0.1, -0.05) is 18.2 Å². The monoisotopic (exact) mass is 372 g/mol. The summed E-state index contributed by atoms with van der Waals surface area (Å²) in [5.41, 5.74) is -0.339. The van der Waals surface area contributed by atoms with Gasteiger partial charge >= 0.3 is 27.3 Å². The quantitative estimate of drug-likeness (QED) is 0.565. The second kappa shape index (κ2) is 4.95. The molecule has 0 heterocycles. The van der Waals surface area contributed by atoms with Crippen LogP contribution in [0.3, 0.4) is 0 Å². The molecule has 0 aliphatic carbocycles. The minimum atomic E-state index is -1.40. The van der Waals surface area contributed by atoms with E-state index in [1.54, 1.807) is 0 Å². The molecule has 0 aliphatic rings. The van der Waals surface area contributed by atoms with Gasteiger partial charge in [0.15, 0.2) is 0 Å². The number of aromatic carboxylic acids is 2. The Hall–Kier alpha value is -0.918. The second-order valence-corrected chi connectivity index (χ2v) is 2.16. The van der Waals surface area contributed by atoms with Crippen LogP contribution in [0.15, 0.2) is 24.3 Å². The summed E-state index contributed by atoms with van der Waals surface area (Å²) in [6, 6.07) is 4.81. The summed E-state index contributed by atoms with van der Waals surface area (Å²) < 4.78 is 0. The van der Waals surface area contributed by atoms with Crippen molar-refractivity contribution < 1.29 is 19.8 Å². The Kier molecular flexibility index (Phi) is 4.60. The number of carboxylic acids is 2. The van der Waals surface area contributed by atoms with E-state index in [-0.39, 0.29) is 38.4 Å². The maximum Gasteiger partial charge on any atom is 2.00 e. The molecule has 0 fully saturated rings.